The van der Waals surface area contributed by atoms with Gasteiger partial charge >= 0.3 is 0 Å². The first kappa shape index (κ1) is 15.0. The molecule has 0 saturated carbocycles. The molecule has 0 aliphatic carbocycles. The second-order valence-electron chi connectivity index (χ2n) is 5.11. The number of hydrogen-bond acceptors (Lipinski definition) is 3. The fraction of sp³-hybridized carbons (Fsp3) is 0.600. The highest BCUT2D eigenvalue weighted by Gasteiger charge is 2.18. The first-order chi connectivity index (χ1) is 8.57. The van der Waals surface area contributed by atoms with Crippen LogP contribution in [-0.2, 0) is 4.74 Å². The molecule has 0 heterocycles. The molecule has 1 aromatic rings. The molecule has 0 saturated heterocycles. The zero-order valence-electron chi connectivity index (χ0n) is 11.9. The number of likely N-dealkylation sites (N-methyl/N-ethyl adjacent to an activating group) is 1. The molecular formula is C15H25NO2. The van der Waals surface area contributed by atoms with Crippen molar-refractivity contribution >= 4 is 0 Å². The topological polar surface area (TPSA) is 30.5 Å². The van der Waals surface area contributed by atoms with Crippen LogP contribution in [0.15, 0.2) is 30.3 Å². The van der Waals surface area contributed by atoms with Gasteiger partial charge in [-0.2, -0.15) is 0 Å². The van der Waals surface area contributed by atoms with Crippen molar-refractivity contribution in [2.24, 2.45) is 0 Å². The lowest BCUT2D eigenvalue weighted by atomic mass is 9.99. The average Bonchev–Trinajstić information content (AvgIpc) is 2.40. The molecule has 1 unspecified atom stereocenters. The van der Waals surface area contributed by atoms with Crippen LogP contribution in [-0.4, -0.2) is 32.4 Å². The van der Waals surface area contributed by atoms with Gasteiger partial charge in [-0.3, -0.25) is 0 Å². The lowest BCUT2D eigenvalue weighted by molar-refractivity contribution is 0.0108. The maximum absolute atomic E-state index is 5.75. The molecule has 0 aromatic heterocycles. The van der Waals surface area contributed by atoms with Gasteiger partial charge < -0.3 is 14.8 Å². The van der Waals surface area contributed by atoms with Crippen LogP contribution in [0, 0.1) is 0 Å². The summed E-state index contributed by atoms with van der Waals surface area (Å²) in [5, 5.41) is 3.29. The Morgan fingerprint density at radius 2 is 1.89 bits per heavy atom. The third-order valence-corrected chi connectivity index (χ3v) is 3.25. The highest BCUT2D eigenvalue weighted by Crippen LogP contribution is 2.17. The molecule has 0 aliphatic rings. The molecular weight excluding hydrogens is 226 g/mol. The number of ether oxygens (including phenoxy) is 2. The average molecular weight is 251 g/mol. The summed E-state index contributed by atoms with van der Waals surface area (Å²) in [6.45, 7) is 4.90. The SMILES string of the molecule is CNC(CCC(C)(C)OC)COc1ccccc1. The summed E-state index contributed by atoms with van der Waals surface area (Å²) in [6, 6.07) is 10.3. The summed E-state index contributed by atoms with van der Waals surface area (Å²) in [4.78, 5) is 0. The molecule has 1 aromatic carbocycles. The van der Waals surface area contributed by atoms with Gasteiger partial charge in [0.1, 0.15) is 12.4 Å². The van der Waals surface area contributed by atoms with Gasteiger partial charge in [0.2, 0.25) is 0 Å². The van der Waals surface area contributed by atoms with Crippen molar-refractivity contribution in [2.75, 3.05) is 20.8 Å². The van der Waals surface area contributed by atoms with Gasteiger partial charge in [0.15, 0.2) is 0 Å². The Kier molecular flexibility index (Phi) is 6.16. The van der Waals surface area contributed by atoms with Crippen molar-refractivity contribution in [2.45, 2.75) is 38.3 Å². The van der Waals surface area contributed by atoms with Crippen LogP contribution in [0.5, 0.6) is 5.75 Å². The van der Waals surface area contributed by atoms with Gasteiger partial charge in [-0.15, -0.1) is 0 Å². The standard InChI is InChI=1S/C15H25NO2/c1-15(2,17-4)11-10-13(16-3)12-18-14-8-6-5-7-9-14/h5-9,13,16H,10-12H2,1-4H3. The molecule has 0 aliphatic heterocycles. The second kappa shape index (κ2) is 7.39. The van der Waals surface area contributed by atoms with Gasteiger partial charge in [-0.25, -0.2) is 0 Å². The van der Waals surface area contributed by atoms with E-state index in [1.54, 1.807) is 7.11 Å². The van der Waals surface area contributed by atoms with Crippen molar-refractivity contribution in [1.82, 2.24) is 5.32 Å². The van der Waals surface area contributed by atoms with Gasteiger partial charge in [-0.05, 0) is 45.9 Å². The van der Waals surface area contributed by atoms with Gasteiger partial charge in [0.25, 0.3) is 0 Å². The monoisotopic (exact) mass is 251 g/mol. The normalized spacial score (nSPS) is 13.3. The highest BCUT2D eigenvalue weighted by atomic mass is 16.5. The quantitative estimate of drug-likeness (QED) is 0.770. The summed E-state index contributed by atoms with van der Waals surface area (Å²) >= 11 is 0. The molecule has 3 heteroatoms. The minimum Gasteiger partial charge on any atom is -0.492 e. The van der Waals surface area contributed by atoms with E-state index >= 15 is 0 Å². The lowest BCUT2D eigenvalue weighted by Crippen LogP contribution is -2.34. The minimum absolute atomic E-state index is 0.0676. The minimum atomic E-state index is -0.0676. The molecule has 1 N–H and O–H groups in total. The summed E-state index contributed by atoms with van der Waals surface area (Å²) in [5.74, 6) is 0.920. The third-order valence-electron chi connectivity index (χ3n) is 3.25. The summed E-state index contributed by atoms with van der Waals surface area (Å²) in [6.07, 6.45) is 2.04. The van der Waals surface area contributed by atoms with Crippen LogP contribution >= 0.6 is 0 Å². The van der Waals surface area contributed by atoms with Crippen molar-refractivity contribution in [1.29, 1.82) is 0 Å². The molecule has 102 valence electrons. The van der Waals surface area contributed by atoms with Crippen LogP contribution in [0.3, 0.4) is 0 Å². The van der Waals surface area contributed by atoms with Crippen LogP contribution in [0.25, 0.3) is 0 Å². The van der Waals surface area contributed by atoms with Crippen molar-refractivity contribution in [3.8, 4) is 5.75 Å². The zero-order chi connectivity index (χ0) is 13.4. The molecule has 0 radical (unpaired) electrons. The predicted molar refractivity (Wildman–Crippen MR) is 75.1 cm³/mol. The van der Waals surface area contributed by atoms with Crippen LogP contribution in [0.4, 0.5) is 0 Å². The lowest BCUT2D eigenvalue weighted by Gasteiger charge is -2.25. The van der Waals surface area contributed by atoms with E-state index in [9.17, 15) is 0 Å². The first-order valence-electron chi connectivity index (χ1n) is 6.47. The van der Waals surface area contributed by atoms with Gasteiger partial charge in [0, 0.05) is 13.2 Å². The Morgan fingerprint density at radius 1 is 1.22 bits per heavy atom. The van der Waals surface area contributed by atoms with Crippen LogP contribution < -0.4 is 10.1 Å². The third kappa shape index (κ3) is 5.52. The Hall–Kier alpha value is -1.06. The van der Waals surface area contributed by atoms with Crippen molar-refractivity contribution < 1.29 is 9.47 Å². The maximum Gasteiger partial charge on any atom is 0.119 e. The second-order valence-corrected chi connectivity index (χ2v) is 5.11. The molecule has 3 nitrogen and oxygen atoms in total. The molecule has 1 rings (SSSR count). The molecule has 0 fully saturated rings. The van der Waals surface area contributed by atoms with Gasteiger partial charge in [0.05, 0.1) is 5.60 Å². The van der Waals surface area contributed by atoms with E-state index < -0.39 is 0 Å². The van der Waals surface area contributed by atoms with E-state index in [0.717, 1.165) is 18.6 Å². The van der Waals surface area contributed by atoms with Crippen molar-refractivity contribution in [3.63, 3.8) is 0 Å². The van der Waals surface area contributed by atoms with E-state index in [1.807, 2.05) is 37.4 Å². The highest BCUT2D eigenvalue weighted by molar-refractivity contribution is 5.20. The Bertz CT molecular complexity index is 325. The Balaban J connectivity index is 2.34. The molecule has 0 spiro atoms. The smallest absolute Gasteiger partial charge is 0.119 e. The summed E-state index contributed by atoms with van der Waals surface area (Å²) in [5.41, 5.74) is -0.0676. The van der Waals surface area contributed by atoms with E-state index in [2.05, 4.69) is 19.2 Å². The number of para-hydroxylation sites is 1. The Labute approximate surface area is 110 Å². The summed E-state index contributed by atoms with van der Waals surface area (Å²) in [7, 11) is 3.73. The largest absolute Gasteiger partial charge is 0.492 e. The number of rotatable bonds is 8. The van der Waals surface area contributed by atoms with Crippen molar-refractivity contribution in [3.05, 3.63) is 30.3 Å². The predicted octanol–water partition coefficient (Wildman–Crippen LogP) is 2.86. The van der Waals surface area contributed by atoms with E-state index in [0.29, 0.717) is 12.6 Å². The number of methoxy groups -OCH3 is 1. The zero-order valence-corrected chi connectivity index (χ0v) is 11.9. The van der Waals surface area contributed by atoms with Crippen LogP contribution in [0.1, 0.15) is 26.7 Å². The number of nitrogens with one attached hydrogen (secondary N) is 1. The first-order valence-corrected chi connectivity index (χ1v) is 6.47. The Morgan fingerprint density at radius 3 is 2.44 bits per heavy atom. The molecule has 1 atom stereocenters. The number of benzene rings is 1. The maximum atomic E-state index is 5.75. The van der Waals surface area contributed by atoms with Crippen LogP contribution in [0.2, 0.25) is 0 Å². The summed E-state index contributed by atoms with van der Waals surface area (Å²) < 4.78 is 11.2. The van der Waals surface area contributed by atoms with E-state index in [-0.39, 0.29) is 5.60 Å². The van der Waals surface area contributed by atoms with E-state index in [1.165, 1.54) is 0 Å². The van der Waals surface area contributed by atoms with E-state index in [4.69, 9.17) is 9.47 Å². The van der Waals surface area contributed by atoms with Gasteiger partial charge in [-0.1, -0.05) is 18.2 Å². The molecule has 0 amide bonds. The number of hydrogen-bond donors (Lipinski definition) is 1. The fourth-order valence-corrected chi connectivity index (χ4v) is 1.65. The molecule has 18 heavy (non-hydrogen) atoms. The molecule has 0 bridgehead atoms. The fourth-order valence-electron chi connectivity index (χ4n) is 1.65.